The lowest BCUT2D eigenvalue weighted by Crippen LogP contribution is -2.24. The lowest BCUT2D eigenvalue weighted by atomic mass is 10.1. The first-order chi connectivity index (χ1) is 67.1. The van der Waals surface area contributed by atoms with E-state index in [-0.39, 0.29) is 59.1 Å². The van der Waals surface area contributed by atoms with Gasteiger partial charge in [-0.25, -0.2) is 17.6 Å². The molecule has 18 rings (SSSR count). The van der Waals surface area contributed by atoms with Crippen LogP contribution in [0.2, 0.25) is 20.1 Å². The Balaban J connectivity index is 0.000000141. The largest absolute Gasteiger partial charge is 0.489 e. The number of pyridine rings is 10. The standard InChI is InChI=1S/C20H19ClN2O2.C18H15ClN2O2.C17H12ClFN2O2.C17H14ClN3O2.C17H12F2N2O2.C17H13FN2O2/c1-2-8-22-20(24)16-10-15-6-7-18(11-19(15)23-12-16)25-13-14-4-3-5-17(21)9-14;1-20-18(22)14-8-13-5-6-16(9-17(13)21-10-14)23-11-12-3-2-4-15(19)7-12;1-10(22)12-5-16-17(20-7-12)6-13(8-21-16)23-9-11-2-3-15(19)14(18)4-11;1-19-17(22)12-6-15-16(20-8-12)7-14(9-21-15)23-10-11-3-2-4-13(18)5-11;1-10(22)12-5-16-17(20-7-12)6-13(8-21-16)23-9-11-2-3-14(18)15(19)4-11;1-11(21)13-6-16-17(19-8-13)7-15(9-20-16)22-10-12-2-4-14(18)5-3-12/h3-7,9-12H,2,8,13H2,1H3,(H,22,24);2-10H,11H2,1H3,(H,20,22);2-8H,9H2,1H3;2-9H,10H2,1H3,(H,19,22);2-8H,9H2,1H3;2-9H,10H2,1H3. The average Bonchev–Trinajstić information content (AvgIpc) is 0.838. The number of amides is 3. The van der Waals surface area contributed by atoms with Crippen molar-refractivity contribution in [3.05, 3.63) is 403 Å². The van der Waals surface area contributed by atoms with E-state index >= 15 is 0 Å². The number of aromatic nitrogens is 10. The van der Waals surface area contributed by atoms with Crippen molar-refractivity contribution in [2.75, 3.05) is 20.6 Å². The Kier molecular flexibility index (Phi) is 35.3. The molecule has 0 saturated heterocycles. The number of ketones is 3. The number of ether oxygens (including phenoxy) is 6. The molecule has 0 bridgehead atoms. The van der Waals surface area contributed by atoms with Crippen LogP contribution in [0.25, 0.3) is 65.9 Å². The third-order valence-corrected chi connectivity index (χ3v) is 21.3. The minimum atomic E-state index is -0.916. The number of rotatable bonds is 26. The summed E-state index contributed by atoms with van der Waals surface area (Å²) in [5.74, 6) is 0.412. The highest BCUT2D eigenvalue weighted by atomic mass is 35.5. The van der Waals surface area contributed by atoms with Crippen LogP contribution in [-0.2, 0) is 39.6 Å². The lowest BCUT2D eigenvalue weighted by Gasteiger charge is -2.08. The zero-order valence-electron chi connectivity index (χ0n) is 75.3. The van der Waals surface area contributed by atoms with Gasteiger partial charge in [0.05, 0.1) is 102 Å². The van der Waals surface area contributed by atoms with E-state index < -0.39 is 17.5 Å². The molecule has 0 aliphatic carbocycles. The summed E-state index contributed by atoms with van der Waals surface area (Å²) >= 11 is 23.6. The summed E-state index contributed by atoms with van der Waals surface area (Å²) in [6, 6.07) is 65.3. The van der Waals surface area contributed by atoms with Gasteiger partial charge in [0.1, 0.15) is 85.8 Å². The van der Waals surface area contributed by atoms with Gasteiger partial charge in [0.2, 0.25) is 0 Å². The molecule has 3 amide bonds. The third-order valence-electron chi connectivity index (χ3n) is 20.3. The van der Waals surface area contributed by atoms with Crippen LogP contribution < -0.4 is 44.4 Å². The van der Waals surface area contributed by atoms with Crippen LogP contribution in [0.4, 0.5) is 17.6 Å². The van der Waals surface area contributed by atoms with E-state index in [1.54, 1.807) is 112 Å². The minimum absolute atomic E-state index is 0.0483. The Morgan fingerprint density at radius 3 is 0.928 bits per heavy atom. The number of halogens is 8. The Bertz CT molecular complexity index is 7240. The fourth-order valence-electron chi connectivity index (χ4n) is 12.9. The Morgan fingerprint density at radius 1 is 0.281 bits per heavy atom. The zero-order chi connectivity index (χ0) is 98.4. The van der Waals surface area contributed by atoms with Gasteiger partial charge in [0.15, 0.2) is 29.0 Å². The number of carbonyl (C=O) groups is 6. The average molecular weight is 1950 g/mol. The molecule has 10 heterocycles. The number of benzene rings is 8. The Morgan fingerprint density at radius 2 is 0.576 bits per heavy atom. The van der Waals surface area contributed by atoms with Crippen LogP contribution in [0.5, 0.6) is 34.5 Å². The zero-order valence-corrected chi connectivity index (χ0v) is 78.3. The predicted octanol–water partition coefficient (Wildman–Crippen LogP) is 23.1. The first-order valence-corrected chi connectivity index (χ1v) is 44.4. The van der Waals surface area contributed by atoms with Crippen molar-refractivity contribution in [3.8, 4) is 34.5 Å². The lowest BCUT2D eigenvalue weighted by molar-refractivity contribution is 0.0947. The van der Waals surface area contributed by atoms with E-state index in [9.17, 15) is 46.3 Å². The molecule has 25 nitrogen and oxygen atoms in total. The maximum atomic E-state index is 13.1. The number of hydrogen-bond acceptors (Lipinski definition) is 22. The normalized spacial score (nSPS) is 10.6. The molecular formula is C106H85Cl4F4N13O12. The van der Waals surface area contributed by atoms with E-state index in [1.807, 2.05) is 128 Å². The summed E-state index contributed by atoms with van der Waals surface area (Å²) in [5.41, 5.74) is 14.8. The van der Waals surface area contributed by atoms with Gasteiger partial charge >= 0.3 is 0 Å². The summed E-state index contributed by atoms with van der Waals surface area (Å²) in [7, 11) is 3.17. The molecule has 0 spiro atoms. The van der Waals surface area contributed by atoms with Gasteiger partial charge in [-0.15, -0.1) is 0 Å². The molecule has 3 N–H and O–H groups in total. The smallest absolute Gasteiger partial charge is 0.252 e. The van der Waals surface area contributed by atoms with Gasteiger partial charge in [-0.1, -0.05) is 114 Å². The van der Waals surface area contributed by atoms with Gasteiger partial charge in [-0.05, 0) is 194 Å². The summed E-state index contributed by atoms with van der Waals surface area (Å²) in [6.07, 6.45) is 16.3. The molecule has 0 aliphatic heterocycles. The van der Waals surface area contributed by atoms with E-state index in [0.717, 1.165) is 79.7 Å². The third kappa shape index (κ3) is 29.5. The molecule has 0 atom stereocenters. The maximum Gasteiger partial charge on any atom is 0.252 e. The van der Waals surface area contributed by atoms with Gasteiger partial charge in [0.25, 0.3) is 17.7 Å². The highest BCUT2D eigenvalue weighted by Gasteiger charge is 2.16. The van der Waals surface area contributed by atoms with E-state index in [4.69, 9.17) is 74.8 Å². The Labute approximate surface area is 814 Å². The Hall–Kier alpha value is -16.1. The number of fused-ring (bicyclic) bond motifs is 6. The SMILES string of the molecule is CC(=O)c1cnc2cc(OCc3ccc(F)c(Cl)c3)cnc2c1.CC(=O)c1cnc2cc(OCc3ccc(F)c(F)c3)cnc2c1.CC(=O)c1cnc2cc(OCc3ccc(F)cc3)cnc2c1.CCCNC(=O)c1cnc2cc(OCc3cccc(Cl)c3)ccc2c1.CNC(=O)c1cnc2cc(OCc3cccc(Cl)c3)ccc2c1.CNC(=O)c1cnc2cc(OCc3cccc(Cl)c3)cnc2c1. The van der Waals surface area contributed by atoms with Crippen molar-refractivity contribution in [1.82, 2.24) is 65.8 Å². The molecule has 0 saturated carbocycles. The quantitative estimate of drug-likeness (QED) is 0.0335. The van der Waals surface area contributed by atoms with Gasteiger partial charge in [-0.3, -0.25) is 78.6 Å². The number of nitrogens with one attached hydrogen (secondary N) is 3. The predicted molar refractivity (Wildman–Crippen MR) is 526 cm³/mol. The van der Waals surface area contributed by atoms with Crippen LogP contribution in [0.15, 0.2) is 292 Å². The molecule has 139 heavy (non-hydrogen) atoms. The molecular weight excluding hydrogens is 1870 g/mol. The van der Waals surface area contributed by atoms with E-state index in [0.29, 0.717) is 154 Å². The monoisotopic (exact) mass is 1950 g/mol. The molecule has 0 radical (unpaired) electrons. The van der Waals surface area contributed by atoms with Gasteiger partial charge in [-0.2, -0.15) is 0 Å². The summed E-state index contributed by atoms with van der Waals surface area (Å²) < 4.78 is 86.0. The van der Waals surface area contributed by atoms with Crippen molar-refractivity contribution >= 4 is 147 Å². The van der Waals surface area contributed by atoms with Crippen LogP contribution in [0.3, 0.4) is 0 Å². The number of nitrogens with zero attached hydrogens (tertiary/aromatic N) is 10. The number of Topliss-reactive ketones (excluding diaryl/α,β-unsaturated/α-hetero) is 3. The maximum absolute atomic E-state index is 13.1. The van der Waals surface area contributed by atoms with Crippen molar-refractivity contribution in [2.24, 2.45) is 0 Å². The molecule has 8 aromatic carbocycles. The second kappa shape index (κ2) is 48.9. The van der Waals surface area contributed by atoms with Crippen molar-refractivity contribution < 1.29 is 74.8 Å². The molecule has 0 aliphatic rings. The highest BCUT2D eigenvalue weighted by molar-refractivity contribution is 6.31. The molecule has 18 aromatic rings. The van der Waals surface area contributed by atoms with Crippen LogP contribution in [0.1, 0.15) is 130 Å². The van der Waals surface area contributed by atoms with Gasteiger partial charge < -0.3 is 44.4 Å². The van der Waals surface area contributed by atoms with Crippen molar-refractivity contribution in [3.63, 3.8) is 0 Å². The van der Waals surface area contributed by atoms with Crippen LogP contribution in [-0.4, -0.2) is 106 Å². The molecule has 33 heteroatoms. The topological polar surface area (TPSA) is 323 Å². The van der Waals surface area contributed by atoms with Crippen LogP contribution >= 0.6 is 46.4 Å². The number of hydrogen-bond donors (Lipinski definition) is 3. The molecule has 0 fully saturated rings. The second-order valence-electron chi connectivity index (χ2n) is 30.7. The fraction of sp³-hybridized carbons (Fsp3) is 0.132. The van der Waals surface area contributed by atoms with E-state index in [2.05, 4.69) is 65.8 Å². The first-order valence-electron chi connectivity index (χ1n) is 42.8. The van der Waals surface area contributed by atoms with Crippen LogP contribution in [0, 0.1) is 23.3 Å². The highest BCUT2D eigenvalue weighted by Crippen LogP contribution is 2.29. The molecule has 702 valence electrons. The summed E-state index contributed by atoms with van der Waals surface area (Å²) in [6.45, 7) is 9.00. The summed E-state index contributed by atoms with van der Waals surface area (Å²) in [5, 5.41) is 11.9. The number of carbonyl (C=O) groups excluding carboxylic acids is 6. The molecule has 0 unspecified atom stereocenters. The first kappa shape index (κ1) is 100. The van der Waals surface area contributed by atoms with E-state index in [1.165, 1.54) is 82.1 Å². The second-order valence-corrected chi connectivity index (χ2v) is 32.4. The molecule has 10 aromatic heterocycles. The summed E-state index contributed by atoms with van der Waals surface area (Å²) in [4.78, 5) is 112. The minimum Gasteiger partial charge on any atom is -0.489 e. The van der Waals surface area contributed by atoms with Crippen molar-refractivity contribution in [2.45, 2.75) is 73.8 Å². The van der Waals surface area contributed by atoms with Crippen molar-refractivity contribution in [1.29, 1.82) is 0 Å². The van der Waals surface area contributed by atoms with Gasteiger partial charge in [0, 0.05) is 137 Å². The fourth-order valence-corrected chi connectivity index (χ4v) is 13.8.